The number of anilines is 1. The molecule has 2 aromatic rings. The van der Waals surface area contributed by atoms with E-state index in [-0.39, 0.29) is 23.6 Å². The molecule has 0 aromatic heterocycles. The van der Waals surface area contributed by atoms with E-state index in [2.05, 4.69) is 30.2 Å². The van der Waals surface area contributed by atoms with Crippen LogP contribution in [0.5, 0.6) is 11.5 Å². The largest absolute Gasteiger partial charge is 0.493 e. The summed E-state index contributed by atoms with van der Waals surface area (Å²) in [4.78, 5) is 17.3. The van der Waals surface area contributed by atoms with Crippen LogP contribution in [0.15, 0.2) is 42.5 Å². The summed E-state index contributed by atoms with van der Waals surface area (Å²) in [6.45, 7) is 3.87. The maximum absolute atomic E-state index is 12.9. The first-order valence-corrected chi connectivity index (χ1v) is 11.6. The van der Waals surface area contributed by atoms with Crippen LogP contribution in [0.4, 0.5) is 5.69 Å². The van der Waals surface area contributed by atoms with E-state index in [4.69, 9.17) is 14.2 Å². The fourth-order valence-corrected chi connectivity index (χ4v) is 5.64. The number of benzene rings is 2. The smallest absolute Gasteiger partial charge is 0.338 e. The van der Waals surface area contributed by atoms with Crippen LogP contribution < -0.4 is 14.4 Å². The highest BCUT2D eigenvalue weighted by Crippen LogP contribution is 2.55. The van der Waals surface area contributed by atoms with E-state index in [0.717, 1.165) is 42.3 Å². The molecule has 1 unspecified atom stereocenters. The third-order valence-corrected chi connectivity index (χ3v) is 7.30. The van der Waals surface area contributed by atoms with Crippen molar-refractivity contribution in [3.63, 3.8) is 0 Å². The summed E-state index contributed by atoms with van der Waals surface area (Å²) in [6.07, 6.45) is 5.46. The molecule has 0 radical (unpaired) electrons. The molecule has 1 spiro atoms. The number of carbonyl (C=O) groups is 1. The van der Waals surface area contributed by atoms with E-state index in [1.807, 2.05) is 50.2 Å². The van der Waals surface area contributed by atoms with Crippen LogP contribution in [0.2, 0.25) is 0 Å². The number of aryl methyl sites for hydroxylation is 1. The third kappa shape index (κ3) is 3.57. The maximum atomic E-state index is 12.9. The molecule has 33 heavy (non-hydrogen) atoms. The molecule has 6 heteroatoms. The Kier molecular flexibility index (Phi) is 5.36. The van der Waals surface area contributed by atoms with E-state index in [9.17, 15) is 4.79 Å². The van der Waals surface area contributed by atoms with Crippen molar-refractivity contribution < 1.29 is 19.0 Å². The van der Waals surface area contributed by atoms with Crippen LogP contribution in [0.3, 0.4) is 0 Å². The minimum Gasteiger partial charge on any atom is -0.493 e. The normalized spacial score (nSPS) is 25.5. The quantitative estimate of drug-likeness (QED) is 0.519. The molecule has 6 nitrogen and oxygen atoms in total. The molecule has 5 rings (SSSR count). The molecule has 0 bridgehead atoms. The van der Waals surface area contributed by atoms with Gasteiger partial charge in [0.05, 0.1) is 18.1 Å². The zero-order valence-corrected chi connectivity index (χ0v) is 20.1. The summed E-state index contributed by atoms with van der Waals surface area (Å²) in [5.41, 5.74) is 5.02. The molecule has 0 amide bonds. The number of hydrogen-bond acceptors (Lipinski definition) is 6. The van der Waals surface area contributed by atoms with Crippen molar-refractivity contribution in [2.75, 3.05) is 39.7 Å². The van der Waals surface area contributed by atoms with Gasteiger partial charge in [-0.05, 0) is 68.4 Å². The van der Waals surface area contributed by atoms with Crippen LogP contribution in [0.1, 0.15) is 39.9 Å². The van der Waals surface area contributed by atoms with Gasteiger partial charge in [0, 0.05) is 38.3 Å². The highest BCUT2D eigenvalue weighted by molar-refractivity contribution is 5.90. The van der Waals surface area contributed by atoms with E-state index in [1.54, 1.807) is 7.11 Å². The second-order valence-electron chi connectivity index (χ2n) is 9.70. The zero-order valence-electron chi connectivity index (χ0n) is 20.1. The number of esters is 1. The van der Waals surface area contributed by atoms with Crippen LogP contribution in [-0.4, -0.2) is 57.9 Å². The van der Waals surface area contributed by atoms with Crippen molar-refractivity contribution >= 4 is 11.7 Å². The Morgan fingerprint density at radius 3 is 2.79 bits per heavy atom. The summed E-state index contributed by atoms with van der Waals surface area (Å²) in [6, 6.07) is 9.85. The standard InChI is InChI=1S/C27H32N2O4/c1-17-14-18(6-8-21(17)28(2)3)26(30)32-20-10-11-27-12-13-29(4)16-19-7-9-22(31-5)25(24(19)27)33-23(27)15-20/h6-11,14,20,23H,12-13,15-16H2,1-5H3/t20-,23?,27-/m0/s1. The minimum atomic E-state index is -0.327. The predicted molar refractivity (Wildman–Crippen MR) is 129 cm³/mol. The molecular formula is C27H32N2O4. The molecule has 2 aliphatic heterocycles. The number of rotatable bonds is 4. The average molecular weight is 449 g/mol. The number of nitrogens with zero attached hydrogens (tertiary/aromatic N) is 2. The van der Waals surface area contributed by atoms with Gasteiger partial charge in [0.2, 0.25) is 0 Å². The van der Waals surface area contributed by atoms with E-state index in [0.29, 0.717) is 12.0 Å². The van der Waals surface area contributed by atoms with Gasteiger partial charge in [-0.25, -0.2) is 4.79 Å². The van der Waals surface area contributed by atoms with Crippen molar-refractivity contribution in [1.29, 1.82) is 0 Å². The van der Waals surface area contributed by atoms with Crippen molar-refractivity contribution in [3.05, 3.63) is 64.7 Å². The second kappa shape index (κ2) is 8.10. The third-order valence-electron chi connectivity index (χ3n) is 7.30. The summed E-state index contributed by atoms with van der Waals surface area (Å²) < 4.78 is 18.1. The Morgan fingerprint density at radius 1 is 1.24 bits per heavy atom. The molecule has 0 fully saturated rings. The van der Waals surface area contributed by atoms with Gasteiger partial charge in [0.25, 0.3) is 0 Å². The number of hydrogen-bond donors (Lipinski definition) is 0. The Balaban J connectivity index is 1.42. The monoisotopic (exact) mass is 448 g/mol. The molecule has 3 aliphatic rings. The van der Waals surface area contributed by atoms with E-state index >= 15 is 0 Å². The molecule has 2 heterocycles. The zero-order chi connectivity index (χ0) is 23.3. The lowest BCUT2D eigenvalue weighted by atomic mass is 9.69. The number of ether oxygens (including phenoxy) is 3. The van der Waals surface area contributed by atoms with E-state index < -0.39 is 0 Å². The maximum Gasteiger partial charge on any atom is 0.338 e. The lowest BCUT2D eigenvalue weighted by Crippen LogP contribution is -2.43. The van der Waals surface area contributed by atoms with Gasteiger partial charge in [-0.15, -0.1) is 0 Å². The highest BCUT2D eigenvalue weighted by atomic mass is 16.6. The summed E-state index contributed by atoms with van der Waals surface area (Å²) in [5, 5.41) is 0. The van der Waals surface area contributed by atoms with Gasteiger partial charge in [-0.2, -0.15) is 0 Å². The van der Waals surface area contributed by atoms with Gasteiger partial charge in [0.15, 0.2) is 11.5 Å². The van der Waals surface area contributed by atoms with Crippen LogP contribution >= 0.6 is 0 Å². The van der Waals surface area contributed by atoms with E-state index in [1.165, 1.54) is 11.1 Å². The molecule has 1 aliphatic carbocycles. The predicted octanol–water partition coefficient (Wildman–Crippen LogP) is 4.09. The topological polar surface area (TPSA) is 51.2 Å². The summed E-state index contributed by atoms with van der Waals surface area (Å²) >= 11 is 0. The highest BCUT2D eigenvalue weighted by Gasteiger charge is 2.53. The van der Waals surface area contributed by atoms with Crippen molar-refractivity contribution in [2.45, 2.75) is 43.9 Å². The van der Waals surface area contributed by atoms with Crippen LogP contribution in [-0.2, 0) is 16.7 Å². The van der Waals surface area contributed by atoms with Gasteiger partial charge in [-0.3, -0.25) is 0 Å². The fourth-order valence-electron chi connectivity index (χ4n) is 5.64. The molecule has 0 N–H and O–H groups in total. The van der Waals surface area contributed by atoms with Gasteiger partial charge in [-0.1, -0.05) is 12.1 Å². The Bertz CT molecular complexity index is 1130. The summed E-state index contributed by atoms with van der Waals surface area (Å²) in [5.74, 6) is 1.32. The van der Waals surface area contributed by atoms with Crippen molar-refractivity contribution in [1.82, 2.24) is 4.90 Å². The lowest BCUT2D eigenvalue weighted by Gasteiger charge is -2.36. The lowest BCUT2D eigenvalue weighted by molar-refractivity contribution is 0.0218. The number of carbonyl (C=O) groups excluding carboxylic acids is 1. The van der Waals surface area contributed by atoms with Crippen LogP contribution in [0, 0.1) is 6.92 Å². The number of methoxy groups -OCH3 is 1. The van der Waals surface area contributed by atoms with Gasteiger partial charge in [0.1, 0.15) is 12.2 Å². The van der Waals surface area contributed by atoms with Gasteiger partial charge >= 0.3 is 5.97 Å². The molecule has 0 saturated carbocycles. The molecular weight excluding hydrogens is 416 g/mol. The first-order chi connectivity index (χ1) is 15.8. The Morgan fingerprint density at radius 2 is 2.06 bits per heavy atom. The Hall–Kier alpha value is -2.99. The molecule has 2 aromatic carbocycles. The van der Waals surface area contributed by atoms with Crippen LogP contribution in [0.25, 0.3) is 0 Å². The Labute approximate surface area is 195 Å². The molecule has 0 saturated heterocycles. The van der Waals surface area contributed by atoms with Gasteiger partial charge < -0.3 is 24.0 Å². The average Bonchev–Trinajstić information content (AvgIpc) is 3.04. The SMILES string of the molecule is COc1ccc2c3c1OC1C[C@@H](OC(=O)c4ccc(N(C)C)c(C)c4)C=C[C@@]31CCN(C)C2. The first kappa shape index (κ1) is 21.8. The minimum absolute atomic E-state index is 0.0882. The van der Waals surface area contributed by atoms with Crippen molar-refractivity contribution in [2.24, 2.45) is 0 Å². The molecule has 3 atom stereocenters. The summed E-state index contributed by atoms with van der Waals surface area (Å²) in [7, 11) is 7.83. The fraction of sp³-hybridized carbons (Fsp3) is 0.444. The first-order valence-electron chi connectivity index (χ1n) is 11.6. The second-order valence-corrected chi connectivity index (χ2v) is 9.70. The molecule has 174 valence electrons. The van der Waals surface area contributed by atoms with Crippen molar-refractivity contribution in [3.8, 4) is 11.5 Å².